The predicted octanol–water partition coefficient (Wildman–Crippen LogP) is 4.72. The molecule has 3 heteroatoms. The van der Waals surface area contributed by atoms with Gasteiger partial charge >= 0.3 is 5.97 Å². The Morgan fingerprint density at radius 1 is 1.09 bits per heavy atom. The molecule has 2 aromatic rings. The first kappa shape index (κ1) is 16.1. The van der Waals surface area contributed by atoms with Gasteiger partial charge in [-0.25, -0.2) is 4.79 Å². The van der Waals surface area contributed by atoms with Gasteiger partial charge in [0.1, 0.15) is 12.4 Å². The average Bonchev–Trinajstić information content (AvgIpc) is 2.52. The number of carboxylic acids is 1. The van der Waals surface area contributed by atoms with Gasteiger partial charge in [0, 0.05) is 0 Å². The first-order valence-electron chi connectivity index (χ1n) is 7.53. The maximum absolute atomic E-state index is 11.2. The zero-order chi connectivity index (χ0) is 16.1. The molecule has 3 nitrogen and oxygen atoms in total. The van der Waals surface area contributed by atoms with Crippen LogP contribution in [0.4, 0.5) is 0 Å². The van der Waals surface area contributed by atoms with Gasteiger partial charge in [-0.3, -0.25) is 0 Å². The molecule has 1 unspecified atom stereocenters. The van der Waals surface area contributed by atoms with Crippen LogP contribution in [-0.2, 0) is 6.61 Å². The van der Waals surface area contributed by atoms with E-state index in [4.69, 9.17) is 4.74 Å². The minimum atomic E-state index is -0.910. The minimum absolute atomic E-state index is 0.227. The van der Waals surface area contributed by atoms with Crippen molar-refractivity contribution >= 4 is 5.97 Å². The standard InChI is InChI=1S/C19H22O3/c1-13(2)14(3)17-11-16(19(20)21)9-10-18(17)22-12-15-7-5-4-6-8-15/h4-11,13-14H,12H2,1-3H3,(H,20,21). The summed E-state index contributed by atoms with van der Waals surface area (Å²) in [6.07, 6.45) is 0. The number of carboxylic acid groups (broad SMARTS) is 1. The summed E-state index contributed by atoms with van der Waals surface area (Å²) in [6.45, 7) is 6.82. The topological polar surface area (TPSA) is 46.5 Å². The molecule has 22 heavy (non-hydrogen) atoms. The van der Waals surface area contributed by atoms with Crippen LogP contribution in [0.2, 0.25) is 0 Å². The number of aromatic carboxylic acids is 1. The predicted molar refractivity (Wildman–Crippen MR) is 87.4 cm³/mol. The van der Waals surface area contributed by atoms with Crippen molar-refractivity contribution in [2.24, 2.45) is 5.92 Å². The summed E-state index contributed by atoms with van der Waals surface area (Å²) < 4.78 is 5.94. The zero-order valence-corrected chi connectivity index (χ0v) is 13.2. The molecular formula is C19H22O3. The van der Waals surface area contributed by atoms with Crippen molar-refractivity contribution in [3.63, 3.8) is 0 Å². The van der Waals surface area contributed by atoms with Crippen LogP contribution in [-0.4, -0.2) is 11.1 Å². The van der Waals surface area contributed by atoms with E-state index in [1.54, 1.807) is 18.2 Å². The summed E-state index contributed by atoms with van der Waals surface area (Å²) in [5.41, 5.74) is 2.34. The van der Waals surface area contributed by atoms with Gasteiger partial charge in [0.2, 0.25) is 0 Å². The molecule has 116 valence electrons. The lowest BCUT2D eigenvalue weighted by molar-refractivity contribution is 0.0696. The fraction of sp³-hybridized carbons (Fsp3) is 0.316. The second kappa shape index (κ2) is 7.12. The van der Waals surface area contributed by atoms with E-state index in [1.165, 1.54) is 0 Å². The van der Waals surface area contributed by atoms with Gasteiger partial charge in [0.15, 0.2) is 0 Å². The normalized spacial score (nSPS) is 12.2. The van der Waals surface area contributed by atoms with Crippen LogP contribution in [0.5, 0.6) is 5.75 Å². The third-order valence-corrected chi connectivity index (χ3v) is 3.98. The van der Waals surface area contributed by atoms with Gasteiger partial charge in [-0.1, -0.05) is 51.1 Å². The summed E-state index contributed by atoms with van der Waals surface area (Å²) in [4.78, 5) is 11.2. The molecule has 1 atom stereocenters. The second-order valence-corrected chi connectivity index (χ2v) is 5.86. The highest BCUT2D eigenvalue weighted by atomic mass is 16.5. The summed E-state index contributed by atoms with van der Waals surface area (Å²) in [5.74, 6) is 0.482. The van der Waals surface area contributed by atoms with E-state index < -0.39 is 5.97 Å². The molecular weight excluding hydrogens is 276 g/mol. The van der Waals surface area contributed by atoms with Crippen molar-refractivity contribution in [2.45, 2.75) is 33.3 Å². The van der Waals surface area contributed by atoms with Gasteiger partial charge in [0.05, 0.1) is 5.56 Å². The molecule has 0 bridgehead atoms. The van der Waals surface area contributed by atoms with E-state index in [1.807, 2.05) is 30.3 Å². The first-order chi connectivity index (χ1) is 10.5. The number of ether oxygens (including phenoxy) is 1. The van der Waals surface area contributed by atoms with Crippen LogP contribution < -0.4 is 4.74 Å². The molecule has 0 radical (unpaired) electrons. The van der Waals surface area contributed by atoms with Gasteiger partial charge in [-0.2, -0.15) is 0 Å². The molecule has 0 aliphatic carbocycles. The van der Waals surface area contributed by atoms with Gasteiger partial charge < -0.3 is 9.84 Å². The summed E-state index contributed by atoms with van der Waals surface area (Å²) in [5, 5.41) is 9.19. The van der Waals surface area contributed by atoms with Gasteiger partial charge in [-0.15, -0.1) is 0 Å². The first-order valence-corrected chi connectivity index (χ1v) is 7.53. The van der Waals surface area contributed by atoms with Gasteiger partial charge in [0.25, 0.3) is 0 Å². The Labute approximate surface area is 131 Å². The lowest BCUT2D eigenvalue weighted by atomic mass is 9.88. The number of hydrogen-bond acceptors (Lipinski definition) is 2. The highest BCUT2D eigenvalue weighted by molar-refractivity contribution is 5.88. The summed E-state index contributed by atoms with van der Waals surface area (Å²) in [7, 11) is 0. The van der Waals surface area contributed by atoms with Gasteiger partial charge in [-0.05, 0) is 41.2 Å². The van der Waals surface area contributed by atoms with E-state index in [9.17, 15) is 9.90 Å². The fourth-order valence-electron chi connectivity index (χ4n) is 2.26. The van der Waals surface area contributed by atoms with Crippen LogP contribution in [0, 0.1) is 5.92 Å². The molecule has 0 saturated carbocycles. The maximum Gasteiger partial charge on any atom is 0.335 e. The lowest BCUT2D eigenvalue weighted by Crippen LogP contribution is -2.08. The van der Waals surface area contributed by atoms with Crippen LogP contribution in [0.15, 0.2) is 48.5 Å². The average molecular weight is 298 g/mol. The van der Waals surface area contributed by atoms with Crippen molar-refractivity contribution in [1.82, 2.24) is 0 Å². The van der Waals surface area contributed by atoms with E-state index in [2.05, 4.69) is 20.8 Å². The molecule has 0 aliphatic heterocycles. The molecule has 0 fully saturated rings. The van der Waals surface area contributed by atoms with E-state index >= 15 is 0 Å². The van der Waals surface area contributed by atoms with E-state index in [-0.39, 0.29) is 5.92 Å². The summed E-state index contributed by atoms with van der Waals surface area (Å²) in [6, 6.07) is 15.0. The van der Waals surface area contributed by atoms with Crippen molar-refractivity contribution in [1.29, 1.82) is 0 Å². The highest BCUT2D eigenvalue weighted by Gasteiger charge is 2.17. The van der Waals surface area contributed by atoms with Crippen LogP contribution in [0.1, 0.15) is 48.2 Å². The number of hydrogen-bond donors (Lipinski definition) is 1. The monoisotopic (exact) mass is 298 g/mol. The zero-order valence-electron chi connectivity index (χ0n) is 13.2. The molecule has 2 aromatic carbocycles. The van der Waals surface area contributed by atoms with Crippen molar-refractivity contribution in [3.05, 3.63) is 65.2 Å². The van der Waals surface area contributed by atoms with Crippen LogP contribution >= 0.6 is 0 Å². The molecule has 1 N–H and O–H groups in total. The fourth-order valence-corrected chi connectivity index (χ4v) is 2.26. The maximum atomic E-state index is 11.2. The Balaban J connectivity index is 2.27. The van der Waals surface area contributed by atoms with Crippen LogP contribution in [0.25, 0.3) is 0 Å². The van der Waals surface area contributed by atoms with Crippen LogP contribution in [0.3, 0.4) is 0 Å². The molecule has 0 amide bonds. The highest BCUT2D eigenvalue weighted by Crippen LogP contribution is 2.33. The Hall–Kier alpha value is -2.29. The number of benzene rings is 2. The lowest BCUT2D eigenvalue weighted by Gasteiger charge is -2.20. The third-order valence-electron chi connectivity index (χ3n) is 3.98. The number of rotatable bonds is 6. The van der Waals surface area contributed by atoms with Crippen molar-refractivity contribution < 1.29 is 14.6 Å². The van der Waals surface area contributed by atoms with Crippen molar-refractivity contribution in [2.75, 3.05) is 0 Å². The Bertz CT molecular complexity index is 632. The smallest absolute Gasteiger partial charge is 0.335 e. The van der Waals surface area contributed by atoms with E-state index in [0.717, 1.165) is 16.9 Å². The molecule has 2 rings (SSSR count). The molecule has 0 spiro atoms. The molecule has 0 heterocycles. The van der Waals surface area contributed by atoms with E-state index in [0.29, 0.717) is 18.1 Å². The number of carbonyl (C=O) groups is 1. The Morgan fingerprint density at radius 2 is 1.77 bits per heavy atom. The third kappa shape index (κ3) is 3.88. The summed E-state index contributed by atoms with van der Waals surface area (Å²) >= 11 is 0. The Kier molecular flexibility index (Phi) is 5.21. The molecule has 0 aliphatic rings. The molecule has 0 aromatic heterocycles. The Morgan fingerprint density at radius 3 is 2.36 bits per heavy atom. The largest absolute Gasteiger partial charge is 0.489 e. The SMILES string of the molecule is CC(C)C(C)c1cc(C(=O)O)ccc1OCc1ccccc1. The quantitative estimate of drug-likeness (QED) is 0.839. The second-order valence-electron chi connectivity index (χ2n) is 5.86. The molecule has 0 saturated heterocycles. The minimum Gasteiger partial charge on any atom is -0.489 e. The van der Waals surface area contributed by atoms with Crippen molar-refractivity contribution in [3.8, 4) is 5.75 Å².